The molecule has 1 aromatic carbocycles. The molecule has 0 bridgehead atoms. The number of alkyl halides is 3. The van der Waals surface area contributed by atoms with Crippen LogP contribution in [0, 0.1) is 0 Å². The SMILES string of the molecule is CC(C)(C)OCc1ccc(CNC(=O)C(=O)C(CC(F)(F)F)N(C=O)OC(C)(C)C)cc1. The largest absolute Gasteiger partial charge is 0.391 e. The fourth-order valence-corrected chi connectivity index (χ4v) is 2.47. The van der Waals surface area contributed by atoms with Gasteiger partial charge in [0.2, 0.25) is 12.2 Å². The van der Waals surface area contributed by atoms with Gasteiger partial charge in [-0.05, 0) is 52.7 Å². The molecule has 0 fully saturated rings. The molecule has 0 aliphatic rings. The van der Waals surface area contributed by atoms with Crippen LogP contribution in [0.1, 0.15) is 59.1 Å². The highest BCUT2D eigenvalue weighted by Gasteiger charge is 2.42. The van der Waals surface area contributed by atoms with Crippen LogP contribution >= 0.6 is 0 Å². The standard InChI is InChI=1S/C22H31F3N2O5/c1-20(2,3)31-13-16-9-7-15(8-10-16)12-26-19(30)18(29)17(11-22(23,24)25)27(14-28)32-21(4,5)6/h7-10,14,17H,11-13H2,1-6H3,(H,26,30). The summed E-state index contributed by atoms with van der Waals surface area (Å²) in [6, 6.07) is 4.85. The Labute approximate surface area is 186 Å². The van der Waals surface area contributed by atoms with Crippen LogP contribution < -0.4 is 5.32 Å². The number of hydroxylamine groups is 2. The topological polar surface area (TPSA) is 84.9 Å². The van der Waals surface area contributed by atoms with Gasteiger partial charge < -0.3 is 10.1 Å². The molecule has 0 aliphatic carbocycles. The summed E-state index contributed by atoms with van der Waals surface area (Å²) in [5.74, 6) is -2.67. The van der Waals surface area contributed by atoms with Crippen LogP contribution in [-0.2, 0) is 37.1 Å². The van der Waals surface area contributed by atoms with E-state index in [1.54, 1.807) is 24.3 Å². The third-order valence-corrected chi connectivity index (χ3v) is 3.89. The highest BCUT2D eigenvalue weighted by atomic mass is 19.4. The number of nitrogens with zero attached hydrogens (tertiary/aromatic N) is 1. The van der Waals surface area contributed by atoms with Gasteiger partial charge in [0, 0.05) is 6.54 Å². The number of ether oxygens (including phenoxy) is 1. The van der Waals surface area contributed by atoms with Crippen LogP contribution in [0.3, 0.4) is 0 Å². The van der Waals surface area contributed by atoms with E-state index in [9.17, 15) is 27.6 Å². The van der Waals surface area contributed by atoms with Crippen molar-refractivity contribution in [3.05, 3.63) is 35.4 Å². The summed E-state index contributed by atoms with van der Waals surface area (Å²) in [5.41, 5.74) is 0.181. The number of carbonyl (C=O) groups excluding carboxylic acids is 3. The smallest absolute Gasteiger partial charge is 0.371 e. The van der Waals surface area contributed by atoms with E-state index in [2.05, 4.69) is 5.32 Å². The molecule has 0 spiro atoms. The number of rotatable bonds is 10. The predicted molar refractivity (Wildman–Crippen MR) is 111 cm³/mol. The van der Waals surface area contributed by atoms with Crippen LogP contribution in [0.2, 0.25) is 0 Å². The van der Waals surface area contributed by atoms with Gasteiger partial charge in [-0.1, -0.05) is 24.3 Å². The molecule has 2 amide bonds. The normalized spacial score (nSPS) is 13.4. The summed E-state index contributed by atoms with van der Waals surface area (Å²) in [4.78, 5) is 41.2. The van der Waals surface area contributed by atoms with Crippen LogP contribution in [0.4, 0.5) is 13.2 Å². The molecule has 7 nitrogen and oxygen atoms in total. The number of amides is 2. The van der Waals surface area contributed by atoms with Gasteiger partial charge in [0.25, 0.3) is 5.91 Å². The van der Waals surface area contributed by atoms with E-state index in [1.165, 1.54) is 20.8 Å². The Kier molecular flexibility index (Phi) is 9.40. The van der Waals surface area contributed by atoms with E-state index >= 15 is 0 Å². The van der Waals surface area contributed by atoms with Crippen molar-refractivity contribution in [2.24, 2.45) is 0 Å². The lowest BCUT2D eigenvalue weighted by Gasteiger charge is -2.32. The zero-order chi connectivity index (χ0) is 24.7. The van der Waals surface area contributed by atoms with Crippen LogP contribution in [0.25, 0.3) is 0 Å². The number of hydrogen-bond acceptors (Lipinski definition) is 5. The van der Waals surface area contributed by atoms with E-state index < -0.39 is 35.9 Å². The third kappa shape index (κ3) is 10.7. The van der Waals surface area contributed by atoms with Gasteiger partial charge in [0.1, 0.15) is 6.04 Å². The molecule has 32 heavy (non-hydrogen) atoms. The molecule has 1 N–H and O–H groups in total. The first-order chi connectivity index (χ1) is 14.5. The second-order valence-corrected chi connectivity index (χ2v) is 9.27. The lowest BCUT2D eigenvalue weighted by Crippen LogP contribution is -2.51. The predicted octanol–water partition coefficient (Wildman–Crippen LogP) is 3.70. The summed E-state index contributed by atoms with van der Waals surface area (Å²) in [6.45, 7) is 10.6. The zero-order valence-corrected chi connectivity index (χ0v) is 19.2. The van der Waals surface area contributed by atoms with Crippen molar-refractivity contribution in [1.82, 2.24) is 10.4 Å². The molecule has 0 aromatic heterocycles. The quantitative estimate of drug-likeness (QED) is 0.327. The molecule has 0 aliphatic heterocycles. The van der Waals surface area contributed by atoms with Crippen LogP contribution in [0.15, 0.2) is 24.3 Å². The summed E-state index contributed by atoms with van der Waals surface area (Å²) in [5, 5.41) is 2.55. The summed E-state index contributed by atoms with van der Waals surface area (Å²) >= 11 is 0. The number of ketones is 1. The van der Waals surface area contributed by atoms with Crippen LogP contribution in [-0.4, -0.2) is 46.6 Å². The number of Topliss-reactive ketones (excluding diaryl/α,β-unsaturated/α-hetero) is 1. The minimum absolute atomic E-state index is 0.0365. The third-order valence-electron chi connectivity index (χ3n) is 3.89. The molecular formula is C22H31F3N2O5. The monoisotopic (exact) mass is 460 g/mol. The maximum Gasteiger partial charge on any atom is 0.391 e. The van der Waals surface area contributed by atoms with Gasteiger partial charge in [0.15, 0.2) is 0 Å². The average Bonchev–Trinajstić information content (AvgIpc) is 2.65. The Morgan fingerprint density at radius 3 is 1.97 bits per heavy atom. The van der Waals surface area contributed by atoms with E-state index in [0.717, 1.165) is 5.56 Å². The van der Waals surface area contributed by atoms with Gasteiger partial charge in [0.05, 0.1) is 24.2 Å². The highest BCUT2D eigenvalue weighted by molar-refractivity contribution is 6.38. The Morgan fingerprint density at radius 1 is 1.00 bits per heavy atom. The second-order valence-electron chi connectivity index (χ2n) is 9.27. The molecule has 0 saturated carbocycles. The fraction of sp³-hybridized carbons (Fsp3) is 0.591. The van der Waals surface area contributed by atoms with Crippen LogP contribution in [0.5, 0.6) is 0 Å². The minimum Gasteiger partial charge on any atom is -0.371 e. The van der Waals surface area contributed by atoms with Gasteiger partial charge in [-0.15, -0.1) is 0 Å². The maximum atomic E-state index is 13.0. The maximum absolute atomic E-state index is 13.0. The van der Waals surface area contributed by atoms with E-state index in [-0.39, 0.29) is 23.6 Å². The zero-order valence-electron chi connectivity index (χ0n) is 19.2. The molecule has 0 saturated heterocycles. The summed E-state index contributed by atoms with van der Waals surface area (Å²) in [6.07, 6.45) is -6.55. The number of benzene rings is 1. The van der Waals surface area contributed by atoms with Gasteiger partial charge in [-0.2, -0.15) is 13.2 Å². The second kappa shape index (κ2) is 10.9. The summed E-state index contributed by atoms with van der Waals surface area (Å²) < 4.78 is 44.6. The molecule has 0 radical (unpaired) electrons. The lowest BCUT2D eigenvalue weighted by atomic mass is 10.1. The molecule has 1 atom stereocenters. The molecule has 180 valence electrons. The number of halogens is 3. The van der Waals surface area contributed by atoms with Gasteiger partial charge in [-0.3, -0.25) is 19.2 Å². The summed E-state index contributed by atoms with van der Waals surface area (Å²) in [7, 11) is 0. The Morgan fingerprint density at radius 2 is 1.53 bits per heavy atom. The van der Waals surface area contributed by atoms with E-state index in [0.29, 0.717) is 12.2 Å². The van der Waals surface area contributed by atoms with Crippen molar-refractivity contribution in [3.8, 4) is 0 Å². The molecular weight excluding hydrogens is 429 g/mol. The molecule has 10 heteroatoms. The lowest BCUT2D eigenvalue weighted by molar-refractivity contribution is -0.244. The highest BCUT2D eigenvalue weighted by Crippen LogP contribution is 2.26. The van der Waals surface area contributed by atoms with Crippen molar-refractivity contribution in [2.75, 3.05) is 0 Å². The van der Waals surface area contributed by atoms with Crippen molar-refractivity contribution < 1.29 is 37.1 Å². The molecule has 1 aromatic rings. The first-order valence-corrected chi connectivity index (χ1v) is 10.0. The molecule has 1 rings (SSSR count). The average molecular weight is 460 g/mol. The molecule has 1 unspecified atom stereocenters. The van der Waals surface area contributed by atoms with Gasteiger partial charge in [-0.25, -0.2) is 5.06 Å². The number of hydrogen-bond donors (Lipinski definition) is 1. The Bertz CT molecular complexity index is 781. The minimum atomic E-state index is -4.80. The number of nitrogens with one attached hydrogen (secondary N) is 1. The van der Waals surface area contributed by atoms with Gasteiger partial charge >= 0.3 is 6.18 Å². The van der Waals surface area contributed by atoms with Crippen molar-refractivity contribution in [3.63, 3.8) is 0 Å². The van der Waals surface area contributed by atoms with E-state index in [4.69, 9.17) is 9.57 Å². The van der Waals surface area contributed by atoms with Crippen molar-refractivity contribution in [2.45, 2.75) is 84.5 Å². The number of carbonyl (C=O) groups is 3. The Hall–Kier alpha value is -2.46. The Balaban J connectivity index is 2.83. The first-order valence-electron chi connectivity index (χ1n) is 10.0. The van der Waals surface area contributed by atoms with Crippen molar-refractivity contribution >= 4 is 18.1 Å². The van der Waals surface area contributed by atoms with Crippen molar-refractivity contribution in [1.29, 1.82) is 0 Å². The van der Waals surface area contributed by atoms with E-state index in [1.807, 2.05) is 20.8 Å². The molecule has 0 heterocycles. The fourth-order valence-electron chi connectivity index (χ4n) is 2.47. The first kappa shape index (κ1) is 27.6.